The van der Waals surface area contributed by atoms with Crippen LogP contribution < -0.4 is 4.74 Å². The molecule has 0 bridgehead atoms. The van der Waals surface area contributed by atoms with Crippen molar-refractivity contribution in [1.29, 1.82) is 0 Å². The minimum atomic E-state index is -4.98. The third-order valence-corrected chi connectivity index (χ3v) is 5.34. The molecular formula is C23H18F6N4O3. The number of aromatic nitrogens is 4. The molecule has 0 aliphatic rings. The predicted octanol–water partition coefficient (Wildman–Crippen LogP) is 5.27. The molecule has 0 amide bonds. The van der Waals surface area contributed by atoms with Crippen LogP contribution >= 0.6 is 0 Å². The number of rotatable bonds is 7. The first-order chi connectivity index (χ1) is 16.8. The average molecular weight is 512 g/mol. The predicted molar refractivity (Wildman–Crippen MR) is 115 cm³/mol. The van der Waals surface area contributed by atoms with Gasteiger partial charge in [-0.15, -0.1) is 0 Å². The van der Waals surface area contributed by atoms with Crippen molar-refractivity contribution in [2.24, 2.45) is 0 Å². The summed E-state index contributed by atoms with van der Waals surface area (Å²) in [5, 5.41) is 17.8. The fourth-order valence-electron chi connectivity index (χ4n) is 3.63. The third-order valence-electron chi connectivity index (χ3n) is 5.34. The Hall–Kier alpha value is -4.03. The van der Waals surface area contributed by atoms with Gasteiger partial charge in [-0.1, -0.05) is 0 Å². The average Bonchev–Trinajstić information content (AvgIpc) is 3.35. The standard InChI is InChI=1S/C23H18F6N4O3/c1-13-19(5-7-36-18-2-3-20-14(8-18)4-6-32(20)12-21(34)35)31-33(30-13)17-10-15(22(24,25)26)9-16(11-17)23(27,28)29/h2-4,6,8-11H,5,7,12H2,1H3,(H,34,35). The fourth-order valence-corrected chi connectivity index (χ4v) is 3.63. The van der Waals surface area contributed by atoms with Gasteiger partial charge in [-0.05, 0) is 49.4 Å². The molecule has 0 saturated heterocycles. The van der Waals surface area contributed by atoms with Gasteiger partial charge in [0.25, 0.3) is 0 Å². The second kappa shape index (κ2) is 9.21. The first-order valence-corrected chi connectivity index (χ1v) is 10.5. The van der Waals surface area contributed by atoms with Crippen LogP contribution in [0.15, 0.2) is 48.7 Å². The summed E-state index contributed by atoms with van der Waals surface area (Å²) >= 11 is 0. The molecule has 7 nitrogen and oxygen atoms in total. The normalized spacial score (nSPS) is 12.3. The quantitative estimate of drug-likeness (QED) is 0.341. The lowest BCUT2D eigenvalue weighted by molar-refractivity contribution is -0.143. The van der Waals surface area contributed by atoms with E-state index < -0.39 is 35.1 Å². The minimum absolute atomic E-state index is 0.0430. The molecule has 36 heavy (non-hydrogen) atoms. The Bertz CT molecular complexity index is 1390. The van der Waals surface area contributed by atoms with Gasteiger partial charge in [-0.25, -0.2) is 0 Å². The second-order valence-electron chi connectivity index (χ2n) is 7.94. The molecule has 0 spiro atoms. The molecule has 0 aliphatic carbocycles. The molecule has 2 heterocycles. The van der Waals surface area contributed by atoms with E-state index in [1.807, 2.05) is 0 Å². The maximum absolute atomic E-state index is 13.2. The number of nitrogens with zero attached hydrogens (tertiary/aromatic N) is 4. The summed E-state index contributed by atoms with van der Waals surface area (Å²) in [6, 6.07) is 7.99. The molecule has 190 valence electrons. The summed E-state index contributed by atoms with van der Waals surface area (Å²) in [5.41, 5.74) is -2.01. The Morgan fingerprint density at radius 3 is 2.25 bits per heavy atom. The molecule has 0 saturated carbocycles. The lowest BCUT2D eigenvalue weighted by Crippen LogP contribution is -2.13. The summed E-state index contributed by atoms with van der Waals surface area (Å²) in [6.07, 6.45) is -8.13. The number of hydrogen-bond donors (Lipinski definition) is 1. The Morgan fingerprint density at radius 2 is 1.64 bits per heavy atom. The molecule has 13 heteroatoms. The van der Waals surface area contributed by atoms with Crippen LogP contribution in [0.2, 0.25) is 0 Å². The topological polar surface area (TPSA) is 82.2 Å². The number of halogens is 6. The highest BCUT2D eigenvalue weighted by Crippen LogP contribution is 2.37. The molecule has 4 rings (SSSR count). The van der Waals surface area contributed by atoms with Crippen molar-refractivity contribution in [3.8, 4) is 11.4 Å². The van der Waals surface area contributed by atoms with Crippen molar-refractivity contribution in [3.63, 3.8) is 0 Å². The fraction of sp³-hybridized carbons (Fsp3) is 0.261. The van der Waals surface area contributed by atoms with Gasteiger partial charge in [0, 0.05) is 23.5 Å². The van der Waals surface area contributed by atoms with Crippen molar-refractivity contribution in [1.82, 2.24) is 19.6 Å². The Balaban J connectivity index is 1.50. The van der Waals surface area contributed by atoms with Crippen LogP contribution in [-0.4, -0.2) is 37.2 Å². The van der Waals surface area contributed by atoms with Gasteiger partial charge in [-0.3, -0.25) is 4.79 Å². The summed E-state index contributed by atoms with van der Waals surface area (Å²) < 4.78 is 86.2. The van der Waals surface area contributed by atoms with E-state index in [-0.39, 0.29) is 25.6 Å². The molecule has 1 N–H and O–H groups in total. The van der Waals surface area contributed by atoms with Gasteiger partial charge < -0.3 is 14.4 Å². The number of benzene rings is 2. The van der Waals surface area contributed by atoms with Crippen LogP contribution in [-0.2, 0) is 30.1 Å². The first kappa shape index (κ1) is 25.1. The van der Waals surface area contributed by atoms with Crippen molar-refractivity contribution in [3.05, 3.63) is 71.2 Å². The van der Waals surface area contributed by atoms with Crippen LogP contribution in [0.5, 0.6) is 5.75 Å². The first-order valence-electron chi connectivity index (χ1n) is 10.5. The maximum atomic E-state index is 13.2. The summed E-state index contributed by atoms with van der Waals surface area (Å²) in [7, 11) is 0. The Labute approximate surface area is 199 Å². The largest absolute Gasteiger partial charge is 0.493 e. The van der Waals surface area contributed by atoms with Crippen molar-refractivity contribution in [2.45, 2.75) is 32.2 Å². The van der Waals surface area contributed by atoms with Gasteiger partial charge in [0.05, 0.1) is 34.8 Å². The number of ether oxygens (including phenoxy) is 1. The number of hydrogen-bond acceptors (Lipinski definition) is 4. The lowest BCUT2D eigenvalue weighted by Gasteiger charge is -2.13. The monoisotopic (exact) mass is 512 g/mol. The number of aliphatic carboxylic acids is 1. The van der Waals surface area contributed by atoms with Gasteiger partial charge in [-0.2, -0.15) is 41.3 Å². The van der Waals surface area contributed by atoms with Gasteiger partial charge in [0.2, 0.25) is 0 Å². The van der Waals surface area contributed by atoms with Crippen LogP contribution in [0.4, 0.5) is 26.3 Å². The zero-order valence-electron chi connectivity index (χ0n) is 18.6. The van der Waals surface area contributed by atoms with E-state index in [0.29, 0.717) is 34.8 Å². The highest BCUT2D eigenvalue weighted by Gasteiger charge is 2.37. The van der Waals surface area contributed by atoms with Crippen LogP contribution in [0.3, 0.4) is 0 Å². The smallest absolute Gasteiger partial charge is 0.416 e. The number of alkyl halides is 6. The molecular weight excluding hydrogens is 494 g/mol. The minimum Gasteiger partial charge on any atom is -0.493 e. The number of fused-ring (bicyclic) bond motifs is 1. The second-order valence-corrected chi connectivity index (χ2v) is 7.94. The van der Waals surface area contributed by atoms with Crippen molar-refractivity contribution >= 4 is 16.9 Å². The molecule has 0 atom stereocenters. The number of aryl methyl sites for hydroxylation is 1. The van der Waals surface area contributed by atoms with Crippen LogP contribution in [0.25, 0.3) is 16.6 Å². The van der Waals surface area contributed by atoms with Crippen LogP contribution in [0.1, 0.15) is 22.5 Å². The maximum Gasteiger partial charge on any atom is 0.416 e. The lowest BCUT2D eigenvalue weighted by atomic mass is 10.1. The highest BCUT2D eigenvalue weighted by molar-refractivity contribution is 5.83. The van der Waals surface area contributed by atoms with E-state index in [1.54, 1.807) is 35.0 Å². The number of carbonyl (C=O) groups is 1. The highest BCUT2D eigenvalue weighted by atomic mass is 19.4. The van der Waals surface area contributed by atoms with Crippen molar-refractivity contribution in [2.75, 3.05) is 6.61 Å². The summed E-state index contributed by atoms with van der Waals surface area (Å²) in [5.74, 6) is -0.482. The van der Waals surface area contributed by atoms with E-state index in [9.17, 15) is 31.1 Å². The van der Waals surface area contributed by atoms with Gasteiger partial charge in [0.15, 0.2) is 0 Å². The van der Waals surface area contributed by atoms with E-state index in [1.165, 1.54) is 6.92 Å². The molecule has 4 aromatic rings. The van der Waals surface area contributed by atoms with Gasteiger partial charge >= 0.3 is 18.3 Å². The molecule has 0 fully saturated rings. The van der Waals surface area contributed by atoms with Crippen LogP contribution in [0, 0.1) is 6.92 Å². The molecule has 0 radical (unpaired) electrons. The third kappa shape index (κ3) is 5.44. The summed E-state index contributed by atoms with van der Waals surface area (Å²) in [6.45, 7) is 1.46. The Kier molecular flexibility index (Phi) is 6.41. The zero-order valence-corrected chi connectivity index (χ0v) is 18.6. The van der Waals surface area contributed by atoms with E-state index >= 15 is 0 Å². The molecule has 0 aliphatic heterocycles. The number of carboxylic acids is 1. The van der Waals surface area contributed by atoms with E-state index in [2.05, 4.69) is 10.2 Å². The van der Waals surface area contributed by atoms with Gasteiger partial charge in [0.1, 0.15) is 12.3 Å². The van der Waals surface area contributed by atoms with E-state index in [4.69, 9.17) is 9.84 Å². The SMILES string of the molecule is Cc1nn(-c2cc(C(F)(F)F)cc(C(F)(F)F)c2)nc1CCOc1ccc2c(ccn2CC(=O)O)c1. The molecule has 2 aromatic heterocycles. The number of carboxylic acid groups (broad SMARTS) is 1. The van der Waals surface area contributed by atoms with E-state index in [0.717, 1.165) is 10.2 Å². The zero-order chi connectivity index (χ0) is 26.3. The van der Waals surface area contributed by atoms with Crippen molar-refractivity contribution < 1.29 is 41.0 Å². The summed E-state index contributed by atoms with van der Waals surface area (Å²) in [4.78, 5) is 11.7. The Morgan fingerprint density at radius 1 is 0.972 bits per heavy atom. The molecule has 2 aromatic carbocycles. The molecule has 0 unspecified atom stereocenters.